The molecule has 4 rings (SSSR count). The lowest BCUT2D eigenvalue weighted by atomic mass is 9.94. The first-order valence-corrected chi connectivity index (χ1v) is 10.7. The van der Waals surface area contributed by atoms with E-state index in [4.69, 9.17) is 9.47 Å². The third-order valence-corrected chi connectivity index (χ3v) is 6.18. The van der Waals surface area contributed by atoms with E-state index in [-0.39, 0.29) is 23.2 Å². The van der Waals surface area contributed by atoms with Crippen LogP contribution in [0.4, 0.5) is 5.69 Å². The van der Waals surface area contributed by atoms with Crippen molar-refractivity contribution in [2.75, 3.05) is 18.5 Å². The quantitative estimate of drug-likeness (QED) is 0.686. The predicted octanol–water partition coefficient (Wildman–Crippen LogP) is 4.04. The highest BCUT2D eigenvalue weighted by atomic mass is 16.5. The smallest absolute Gasteiger partial charge is 0.305 e. The predicted molar refractivity (Wildman–Crippen MR) is 116 cm³/mol. The van der Waals surface area contributed by atoms with Crippen LogP contribution < -0.4 is 10.1 Å². The van der Waals surface area contributed by atoms with Gasteiger partial charge < -0.3 is 14.8 Å². The first kappa shape index (κ1) is 20.9. The van der Waals surface area contributed by atoms with Crippen molar-refractivity contribution < 1.29 is 19.1 Å². The average molecular weight is 418 g/mol. The van der Waals surface area contributed by atoms with E-state index in [1.54, 1.807) is 19.1 Å². The Morgan fingerprint density at radius 1 is 1.29 bits per heavy atom. The second-order valence-electron chi connectivity index (χ2n) is 8.33. The number of rotatable bonds is 7. The van der Waals surface area contributed by atoms with Crippen molar-refractivity contribution in [1.29, 1.82) is 5.26 Å². The summed E-state index contributed by atoms with van der Waals surface area (Å²) in [7, 11) is 0. The van der Waals surface area contributed by atoms with E-state index in [1.165, 1.54) is 0 Å². The van der Waals surface area contributed by atoms with Gasteiger partial charge in [-0.2, -0.15) is 5.26 Å². The molecular weight excluding hydrogens is 392 g/mol. The van der Waals surface area contributed by atoms with Crippen LogP contribution in [0, 0.1) is 24.2 Å². The maximum Gasteiger partial charge on any atom is 0.305 e. The highest BCUT2D eigenvalue weighted by Crippen LogP contribution is 2.60. The molecule has 0 aromatic heterocycles. The molecule has 0 bridgehead atoms. The van der Waals surface area contributed by atoms with Crippen LogP contribution in [0.1, 0.15) is 48.4 Å². The maximum absolute atomic E-state index is 13.1. The summed E-state index contributed by atoms with van der Waals surface area (Å²) >= 11 is 0. The van der Waals surface area contributed by atoms with Gasteiger partial charge in [0.1, 0.15) is 5.75 Å². The van der Waals surface area contributed by atoms with E-state index in [2.05, 4.69) is 17.5 Å². The Morgan fingerprint density at radius 2 is 2.13 bits per heavy atom. The number of aryl methyl sites for hydroxylation is 2. The lowest BCUT2D eigenvalue weighted by Crippen LogP contribution is -2.23. The number of nitrogens with one attached hydrogen (secondary N) is 1. The molecule has 31 heavy (non-hydrogen) atoms. The Balaban J connectivity index is 1.47. The Labute approximate surface area is 182 Å². The molecule has 1 heterocycles. The largest absolute Gasteiger partial charge is 0.492 e. The molecule has 2 atom stereocenters. The zero-order valence-electron chi connectivity index (χ0n) is 17.9. The Morgan fingerprint density at radius 3 is 2.90 bits per heavy atom. The molecule has 1 N–H and O–H groups in total. The van der Waals surface area contributed by atoms with E-state index in [1.807, 2.05) is 25.1 Å². The fraction of sp³-hybridized carbons (Fsp3) is 0.400. The highest BCUT2D eigenvalue weighted by Gasteiger charge is 2.63. The van der Waals surface area contributed by atoms with Gasteiger partial charge in [0.05, 0.1) is 30.8 Å². The van der Waals surface area contributed by atoms with Crippen LogP contribution in [-0.4, -0.2) is 25.1 Å². The Hall–Kier alpha value is -3.33. The Bertz CT molecular complexity index is 1070. The van der Waals surface area contributed by atoms with Gasteiger partial charge in [-0.3, -0.25) is 9.59 Å². The molecule has 2 aromatic rings. The first-order chi connectivity index (χ1) is 15.0. The summed E-state index contributed by atoms with van der Waals surface area (Å²) in [6, 6.07) is 13.5. The van der Waals surface area contributed by atoms with E-state index >= 15 is 0 Å². The van der Waals surface area contributed by atoms with Gasteiger partial charge in [0.2, 0.25) is 5.91 Å². The number of nitrogens with zero attached hydrogens (tertiary/aromatic N) is 1. The van der Waals surface area contributed by atoms with Crippen LogP contribution in [-0.2, 0) is 26.2 Å². The fourth-order valence-electron chi connectivity index (χ4n) is 4.41. The van der Waals surface area contributed by atoms with Gasteiger partial charge in [-0.1, -0.05) is 23.8 Å². The van der Waals surface area contributed by atoms with Crippen molar-refractivity contribution in [2.45, 2.75) is 44.9 Å². The number of hydrogen-bond acceptors (Lipinski definition) is 5. The zero-order valence-corrected chi connectivity index (χ0v) is 17.9. The van der Waals surface area contributed by atoms with E-state index in [9.17, 15) is 14.9 Å². The maximum atomic E-state index is 13.1. The molecule has 1 aliphatic carbocycles. The van der Waals surface area contributed by atoms with Gasteiger partial charge in [0.15, 0.2) is 0 Å². The summed E-state index contributed by atoms with van der Waals surface area (Å²) < 4.78 is 10.8. The van der Waals surface area contributed by atoms with Gasteiger partial charge >= 0.3 is 5.97 Å². The molecule has 1 saturated carbocycles. The number of esters is 1. The van der Waals surface area contributed by atoms with Crippen molar-refractivity contribution in [3.63, 3.8) is 0 Å². The summed E-state index contributed by atoms with van der Waals surface area (Å²) in [6.45, 7) is 4.71. The molecule has 1 amide bonds. The van der Waals surface area contributed by atoms with Gasteiger partial charge in [-0.05, 0) is 56.9 Å². The lowest BCUT2D eigenvalue weighted by molar-refractivity contribution is -0.143. The van der Waals surface area contributed by atoms with Gasteiger partial charge in [0, 0.05) is 23.1 Å². The summed E-state index contributed by atoms with van der Waals surface area (Å²) in [5.41, 5.74) is 4.06. The van der Waals surface area contributed by atoms with E-state index < -0.39 is 0 Å². The number of hydrogen-bond donors (Lipinski definition) is 1. The van der Waals surface area contributed by atoms with Crippen LogP contribution in [0.5, 0.6) is 5.75 Å². The Kier molecular flexibility index (Phi) is 5.69. The van der Waals surface area contributed by atoms with Gasteiger partial charge in [-0.25, -0.2) is 0 Å². The number of fused-ring (bicyclic) bond motifs is 2. The molecule has 2 unspecified atom stereocenters. The van der Waals surface area contributed by atoms with Crippen LogP contribution in [0.3, 0.4) is 0 Å². The van der Waals surface area contributed by atoms with Crippen molar-refractivity contribution in [1.82, 2.24) is 0 Å². The van der Waals surface area contributed by atoms with Crippen LogP contribution in [0.15, 0.2) is 36.4 Å². The van der Waals surface area contributed by atoms with E-state index in [0.717, 1.165) is 28.9 Å². The third kappa shape index (κ3) is 4.13. The molecule has 1 spiro atoms. The number of amides is 1. The molecule has 6 heteroatoms. The summed E-state index contributed by atoms with van der Waals surface area (Å²) in [5, 5.41) is 12.3. The standard InChI is InChI=1S/C25H26N2O4/c1-3-30-23(28)6-4-5-18-9-8-17(14-26)12-21(18)27-24(29)20-13-25(20)15-31-22-10-7-16(2)11-19(22)25/h7-12,20H,3-6,13,15H2,1-2H3,(H,27,29). The number of benzene rings is 2. The summed E-state index contributed by atoms with van der Waals surface area (Å²) in [5.74, 6) is 0.428. The molecule has 0 saturated heterocycles. The second-order valence-corrected chi connectivity index (χ2v) is 8.33. The van der Waals surface area contributed by atoms with Crippen molar-refractivity contribution in [3.05, 3.63) is 58.7 Å². The van der Waals surface area contributed by atoms with Crippen molar-refractivity contribution >= 4 is 17.6 Å². The summed E-state index contributed by atoms with van der Waals surface area (Å²) in [6.07, 6.45) is 2.30. The number of anilines is 1. The minimum atomic E-state index is -0.248. The monoisotopic (exact) mass is 418 g/mol. The molecular formula is C25H26N2O4. The normalized spacial score (nSPS) is 20.5. The summed E-state index contributed by atoms with van der Waals surface area (Å²) in [4.78, 5) is 24.7. The molecule has 1 fully saturated rings. The van der Waals surface area contributed by atoms with Crippen LogP contribution >= 0.6 is 0 Å². The lowest BCUT2D eigenvalue weighted by Gasteiger charge is -2.13. The molecule has 6 nitrogen and oxygen atoms in total. The number of carbonyl (C=O) groups excluding carboxylic acids is 2. The average Bonchev–Trinajstić information content (AvgIpc) is 3.39. The van der Waals surface area contributed by atoms with Gasteiger partial charge in [0.25, 0.3) is 0 Å². The van der Waals surface area contributed by atoms with E-state index in [0.29, 0.717) is 43.7 Å². The third-order valence-electron chi connectivity index (χ3n) is 6.18. The number of nitriles is 1. The van der Waals surface area contributed by atoms with Crippen LogP contribution in [0.2, 0.25) is 0 Å². The van der Waals surface area contributed by atoms with Crippen molar-refractivity contribution in [2.24, 2.45) is 5.92 Å². The SMILES string of the molecule is CCOC(=O)CCCc1ccc(C#N)cc1NC(=O)C1CC12COc1ccc(C)cc12. The topological polar surface area (TPSA) is 88.4 Å². The van der Waals surface area contributed by atoms with Gasteiger partial charge in [-0.15, -0.1) is 0 Å². The zero-order chi connectivity index (χ0) is 22.0. The first-order valence-electron chi connectivity index (χ1n) is 10.7. The fourth-order valence-corrected chi connectivity index (χ4v) is 4.41. The van der Waals surface area contributed by atoms with Crippen LogP contribution in [0.25, 0.3) is 0 Å². The minimum Gasteiger partial charge on any atom is -0.492 e. The second kappa shape index (κ2) is 8.43. The molecule has 160 valence electrons. The molecule has 2 aliphatic rings. The minimum absolute atomic E-state index is 0.0558. The van der Waals surface area contributed by atoms with Crippen molar-refractivity contribution in [3.8, 4) is 11.8 Å². The number of carbonyl (C=O) groups is 2. The molecule has 1 aliphatic heterocycles. The molecule has 0 radical (unpaired) electrons. The highest BCUT2D eigenvalue weighted by molar-refractivity contribution is 5.97. The number of ether oxygens (including phenoxy) is 2. The molecule has 2 aromatic carbocycles.